The maximum absolute atomic E-state index is 12.5. The van der Waals surface area contributed by atoms with Crippen LogP contribution in [0.15, 0.2) is 39.8 Å². The van der Waals surface area contributed by atoms with Crippen LogP contribution in [0.3, 0.4) is 0 Å². The molecule has 0 saturated heterocycles. The van der Waals surface area contributed by atoms with Crippen molar-refractivity contribution in [2.24, 2.45) is 0 Å². The van der Waals surface area contributed by atoms with Crippen molar-refractivity contribution < 1.29 is 8.42 Å². The molecule has 0 bridgehead atoms. The van der Waals surface area contributed by atoms with Gasteiger partial charge in [-0.05, 0) is 40.2 Å². The van der Waals surface area contributed by atoms with Crippen LogP contribution in [0.25, 0.3) is 0 Å². The molecule has 0 amide bonds. The van der Waals surface area contributed by atoms with Crippen LogP contribution >= 0.6 is 39.1 Å². The third-order valence-corrected chi connectivity index (χ3v) is 4.73. The van der Waals surface area contributed by atoms with Gasteiger partial charge in [0.25, 0.3) is 10.0 Å². The summed E-state index contributed by atoms with van der Waals surface area (Å²) in [5.74, 6) is 0.235. The second kappa shape index (κ2) is 6.39. The Morgan fingerprint density at radius 2 is 1.76 bits per heavy atom. The van der Waals surface area contributed by atoms with E-state index >= 15 is 0 Å². The van der Waals surface area contributed by atoms with Gasteiger partial charge in [-0.15, -0.1) is 0 Å². The predicted octanol–water partition coefficient (Wildman–Crippen LogP) is 3.99. The summed E-state index contributed by atoms with van der Waals surface area (Å²) < 4.78 is 27.9. The van der Waals surface area contributed by atoms with E-state index in [2.05, 4.69) is 31.0 Å². The van der Waals surface area contributed by atoms with Gasteiger partial charge in [0.1, 0.15) is 10.7 Å². The Balaban J connectivity index is 2.45. The fourth-order valence-corrected chi connectivity index (χ4v) is 3.87. The molecule has 9 heteroatoms. The topological polar surface area (TPSA) is 71.1 Å². The lowest BCUT2D eigenvalue weighted by atomic mass is 10.3. The van der Waals surface area contributed by atoms with E-state index in [-0.39, 0.29) is 16.4 Å². The highest BCUT2D eigenvalue weighted by molar-refractivity contribution is 9.10. The summed E-state index contributed by atoms with van der Waals surface area (Å²) in [6.07, 6.45) is 1.50. The predicted molar refractivity (Wildman–Crippen MR) is 88.8 cm³/mol. The molecule has 1 aromatic carbocycles. The standard InChI is InChI=1S/C12H10BrCl2N3O2S/c1-16-12-11(2-7(13)6-17-12)21(19,20)18-10-4-8(14)3-9(15)5-10/h2-6,18H,1H3,(H,16,17). The van der Waals surface area contributed by atoms with Crippen LogP contribution in [0.5, 0.6) is 0 Å². The van der Waals surface area contributed by atoms with E-state index in [1.165, 1.54) is 30.5 Å². The Morgan fingerprint density at radius 3 is 2.33 bits per heavy atom. The molecular formula is C12H10BrCl2N3O2S. The summed E-state index contributed by atoms with van der Waals surface area (Å²) in [7, 11) is -2.25. The molecule has 0 atom stereocenters. The monoisotopic (exact) mass is 409 g/mol. The summed E-state index contributed by atoms with van der Waals surface area (Å²) in [6, 6.07) is 5.90. The van der Waals surface area contributed by atoms with Gasteiger partial charge in [0.2, 0.25) is 0 Å². The van der Waals surface area contributed by atoms with E-state index in [1.807, 2.05) is 0 Å². The molecule has 0 unspecified atom stereocenters. The third-order valence-electron chi connectivity index (χ3n) is 2.46. The molecule has 0 saturated carbocycles. The lowest BCUT2D eigenvalue weighted by molar-refractivity contribution is 0.601. The van der Waals surface area contributed by atoms with E-state index in [9.17, 15) is 8.42 Å². The summed E-state index contributed by atoms with van der Waals surface area (Å²) >= 11 is 14.9. The summed E-state index contributed by atoms with van der Waals surface area (Å²) in [6.45, 7) is 0. The zero-order chi connectivity index (χ0) is 15.6. The molecule has 0 aliphatic carbocycles. The highest BCUT2D eigenvalue weighted by Crippen LogP contribution is 2.27. The minimum absolute atomic E-state index is 0.00970. The molecule has 5 nitrogen and oxygen atoms in total. The molecule has 0 spiro atoms. The maximum Gasteiger partial charge on any atom is 0.265 e. The van der Waals surface area contributed by atoms with Crippen molar-refractivity contribution >= 4 is 60.7 Å². The molecule has 0 radical (unpaired) electrons. The van der Waals surface area contributed by atoms with Crippen molar-refractivity contribution in [2.75, 3.05) is 17.1 Å². The molecule has 2 aromatic rings. The highest BCUT2D eigenvalue weighted by atomic mass is 79.9. The van der Waals surface area contributed by atoms with Crippen LogP contribution in [-0.4, -0.2) is 20.4 Å². The smallest absolute Gasteiger partial charge is 0.265 e. The Morgan fingerprint density at radius 1 is 1.14 bits per heavy atom. The molecular weight excluding hydrogens is 401 g/mol. The number of rotatable bonds is 4. The quantitative estimate of drug-likeness (QED) is 0.799. The van der Waals surface area contributed by atoms with Crippen LogP contribution in [0.2, 0.25) is 10.0 Å². The highest BCUT2D eigenvalue weighted by Gasteiger charge is 2.20. The lowest BCUT2D eigenvalue weighted by Gasteiger charge is -2.12. The third kappa shape index (κ3) is 4.00. The van der Waals surface area contributed by atoms with Gasteiger partial charge in [-0.2, -0.15) is 0 Å². The van der Waals surface area contributed by atoms with Gasteiger partial charge in [0.05, 0.1) is 5.69 Å². The Labute approximate surface area is 140 Å². The Hall–Kier alpha value is -1.02. The molecule has 0 aliphatic rings. The molecule has 112 valence electrons. The first-order valence-electron chi connectivity index (χ1n) is 5.64. The minimum Gasteiger partial charge on any atom is -0.372 e. The first-order chi connectivity index (χ1) is 9.81. The largest absolute Gasteiger partial charge is 0.372 e. The summed E-state index contributed by atoms with van der Waals surface area (Å²) in [4.78, 5) is 4.02. The van der Waals surface area contributed by atoms with Crippen molar-refractivity contribution in [2.45, 2.75) is 4.90 Å². The normalized spacial score (nSPS) is 11.2. The molecule has 21 heavy (non-hydrogen) atoms. The van der Waals surface area contributed by atoms with E-state index in [0.29, 0.717) is 14.5 Å². The van der Waals surface area contributed by atoms with E-state index < -0.39 is 10.0 Å². The van der Waals surface area contributed by atoms with Crippen LogP contribution in [0, 0.1) is 0 Å². The number of sulfonamides is 1. The number of nitrogens with zero attached hydrogens (tertiary/aromatic N) is 1. The number of hydrogen-bond acceptors (Lipinski definition) is 4. The fourth-order valence-electron chi connectivity index (χ4n) is 1.64. The minimum atomic E-state index is -3.83. The number of nitrogens with one attached hydrogen (secondary N) is 2. The zero-order valence-corrected chi connectivity index (χ0v) is 14.6. The SMILES string of the molecule is CNc1ncc(Br)cc1S(=O)(=O)Nc1cc(Cl)cc(Cl)c1. The van der Waals surface area contributed by atoms with Crippen LogP contribution in [0.1, 0.15) is 0 Å². The van der Waals surface area contributed by atoms with Gasteiger partial charge in [-0.3, -0.25) is 4.72 Å². The first-order valence-corrected chi connectivity index (χ1v) is 8.67. The van der Waals surface area contributed by atoms with Crippen LogP contribution in [-0.2, 0) is 10.0 Å². The van der Waals surface area contributed by atoms with Crippen molar-refractivity contribution in [1.82, 2.24) is 4.98 Å². The van der Waals surface area contributed by atoms with Crippen molar-refractivity contribution in [3.05, 3.63) is 45.0 Å². The number of hydrogen-bond donors (Lipinski definition) is 2. The summed E-state index contributed by atoms with van der Waals surface area (Å²) in [5.41, 5.74) is 0.273. The molecule has 1 heterocycles. The van der Waals surface area contributed by atoms with E-state index in [4.69, 9.17) is 23.2 Å². The van der Waals surface area contributed by atoms with Gasteiger partial charge < -0.3 is 5.32 Å². The average Bonchev–Trinajstić information content (AvgIpc) is 2.36. The van der Waals surface area contributed by atoms with E-state index in [1.54, 1.807) is 7.05 Å². The van der Waals surface area contributed by atoms with Crippen molar-refractivity contribution in [3.63, 3.8) is 0 Å². The molecule has 2 rings (SSSR count). The lowest BCUT2D eigenvalue weighted by Crippen LogP contribution is -2.15. The second-order valence-electron chi connectivity index (χ2n) is 4.01. The molecule has 0 aliphatic heterocycles. The van der Waals surface area contributed by atoms with Gasteiger partial charge >= 0.3 is 0 Å². The van der Waals surface area contributed by atoms with Crippen molar-refractivity contribution in [1.29, 1.82) is 0 Å². The fraction of sp³-hybridized carbons (Fsp3) is 0.0833. The van der Waals surface area contributed by atoms with Crippen LogP contribution in [0.4, 0.5) is 11.5 Å². The molecule has 1 aromatic heterocycles. The second-order valence-corrected chi connectivity index (χ2v) is 7.45. The van der Waals surface area contributed by atoms with Crippen LogP contribution < -0.4 is 10.0 Å². The van der Waals surface area contributed by atoms with E-state index in [0.717, 1.165) is 0 Å². The maximum atomic E-state index is 12.5. The van der Waals surface area contributed by atoms with Crippen molar-refractivity contribution in [3.8, 4) is 0 Å². The Kier molecular flexibility index (Phi) is 4.98. The number of benzene rings is 1. The average molecular weight is 411 g/mol. The van der Waals surface area contributed by atoms with Gasteiger partial charge in [0.15, 0.2) is 0 Å². The van der Waals surface area contributed by atoms with Gasteiger partial charge in [0, 0.05) is 27.8 Å². The Bertz CT molecular complexity index is 764. The van der Waals surface area contributed by atoms with Gasteiger partial charge in [-0.25, -0.2) is 13.4 Å². The number of pyridine rings is 1. The first kappa shape index (κ1) is 16.4. The van der Waals surface area contributed by atoms with Gasteiger partial charge in [-0.1, -0.05) is 23.2 Å². The number of anilines is 2. The number of halogens is 3. The summed E-state index contributed by atoms with van der Waals surface area (Å²) in [5, 5.41) is 3.40. The molecule has 2 N–H and O–H groups in total. The molecule has 0 fully saturated rings. The number of aromatic nitrogens is 1. The zero-order valence-electron chi connectivity index (χ0n) is 10.7.